The van der Waals surface area contributed by atoms with Crippen molar-refractivity contribution in [3.8, 4) is 0 Å². The first-order valence-electron chi connectivity index (χ1n) is 9.16. The van der Waals surface area contributed by atoms with Crippen molar-refractivity contribution in [2.75, 3.05) is 66.3 Å². The van der Waals surface area contributed by atoms with Crippen molar-refractivity contribution in [1.82, 2.24) is 9.80 Å². The summed E-state index contributed by atoms with van der Waals surface area (Å²) in [7, 11) is 1.75. The maximum absolute atomic E-state index is 10.0. The minimum Gasteiger partial charge on any atom is -0.396 e. The first-order chi connectivity index (χ1) is 11.0. The highest BCUT2D eigenvalue weighted by Crippen LogP contribution is 2.35. The second kappa shape index (κ2) is 8.77. The van der Waals surface area contributed by atoms with Crippen molar-refractivity contribution in [1.29, 1.82) is 0 Å². The summed E-state index contributed by atoms with van der Waals surface area (Å²) in [6.45, 7) is 12.8. The molecule has 136 valence electrons. The summed E-state index contributed by atoms with van der Waals surface area (Å²) >= 11 is 0. The second-order valence-corrected chi connectivity index (χ2v) is 7.98. The summed E-state index contributed by atoms with van der Waals surface area (Å²) in [5.74, 6) is 0. The van der Waals surface area contributed by atoms with Crippen LogP contribution in [0.3, 0.4) is 0 Å². The third-order valence-corrected chi connectivity index (χ3v) is 5.61. The molecule has 0 aromatic heterocycles. The molecule has 0 spiro atoms. The molecule has 2 saturated heterocycles. The summed E-state index contributed by atoms with van der Waals surface area (Å²) in [6, 6.07) is 0. The highest BCUT2D eigenvalue weighted by Gasteiger charge is 2.37. The Labute approximate surface area is 141 Å². The van der Waals surface area contributed by atoms with Crippen LogP contribution in [0.2, 0.25) is 0 Å². The smallest absolute Gasteiger partial charge is 0.0594 e. The van der Waals surface area contributed by atoms with Crippen LogP contribution in [0.15, 0.2) is 0 Å². The number of ether oxygens (including phenoxy) is 2. The maximum Gasteiger partial charge on any atom is 0.0594 e. The third kappa shape index (κ3) is 5.40. The number of hydrogen-bond acceptors (Lipinski definition) is 5. The van der Waals surface area contributed by atoms with Crippen molar-refractivity contribution in [3.63, 3.8) is 0 Å². The number of hydrogen-bond donors (Lipinski definition) is 1. The van der Waals surface area contributed by atoms with Crippen LogP contribution < -0.4 is 0 Å². The fraction of sp³-hybridized carbons (Fsp3) is 1.00. The lowest BCUT2D eigenvalue weighted by atomic mass is 9.76. The first kappa shape index (κ1) is 19.1. The van der Waals surface area contributed by atoms with Gasteiger partial charge in [-0.25, -0.2) is 0 Å². The minimum atomic E-state index is 0.0673. The van der Waals surface area contributed by atoms with Gasteiger partial charge >= 0.3 is 0 Å². The summed E-state index contributed by atoms with van der Waals surface area (Å²) in [5.41, 5.74) is 0.229. The van der Waals surface area contributed by atoms with Gasteiger partial charge in [-0.2, -0.15) is 0 Å². The van der Waals surface area contributed by atoms with E-state index in [0.717, 1.165) is 71.8 Å². The lowest BCUT2D eigenvalue weighted by Crippen LogP contribution is -2.57. The zero-order chi connectivity index (χ0) is 16.8. The van der Waals surface area contributed by atoms with E-state index in [1.165, 1.54) is 6.42 Å². The zero-order valence-corrected chi connectivity index (χ0v) is 15.4. The molecule has 2 rings (SSSR count). The normalized spacial score (nSPS) is 28.2. The Morgan fingerprint density at radius 3 is 2.61 bits per heavy atom. The Kier molecular flexibility index (Phi) is 7.29. The molecular weight excluding hydrogens is 292 g/mol. The largest absolute Gasteiger partial charge is 0.396 e. The van der Waals surface area contributed by atoms with Gasteiger partial charge in [0.1, 0.15) is 0 Å². The van der Waals surface area contributed by atoms with Gasteiger partial charge in [-0.15, -0.1) is 0 Å². The number of aliphatic hydroxyl groups is 1. The fourth-order valence-electron chi connectivity index (χ4n) is 4.26. The van der Waals surface area contributed by atoms with Crippen LogP contribution in [-0.2, 0) is 9.47 Å². The molecule has 2 aliphatic heterocycles. The quantitative estimate of drug-likeness (QED) is 0.686. The van der Waals surface area contributed by atoms with Gasteiger partial charge in [-0.05, 0) is 46.1 Å². The van der Waals surface area contributed by atoms with Gasteiger partial charge in [0, 0.05) is 57.5 Å². The zero-order valence-electron chi connectivity index (χ0n) is 15.4. The van der Waals surface area contributed by atoms with Crippen LogP contribution in [-0.4, -0.2) is 86.7 Å². The number of aliphatic hydroxyl groups excluding tert-OH is 1. The van der Waals surface area contributed by atoms with Crippen LogP contribution in [0.4, 0.5) is 0 Å². The van der Waals surface area contributed by atoms with E-state index in [4.69, 9.17) is 9.47 Å². The van der Waals surface area contributed by atoms with Gasteiger partial charge in [0.05, 0.1) is 13.2 Å². The monoisotopic (exact) mass is 328 g/mol. The van der Waals surface area contributed by atoms with Gasteiger partial charge in [-0.1, -0.05) is 0 Å². The molecule has 0 radical (unpaired) electrons. The van der Waals surface area contributed by atoms with Crippen LogP contribution in [0.1, 0.15) is 39.5 Å². The molecule has 0 saturated carbocycles. The number of morpholine rings is 1. The van der Waals surface area contributed by atoms with Gasteiger partial charge < -0.3 is 19.5 Å². The minimum absolute atomic E-state index is 0.0673. The molecule has 0 aliphatic carbocycles. The number of methoxy groups -OCH3 is 1. The molecule has 1 atom stereocenters. The van der Waals surface area contributed by atoms with Crippen molar-refractivity contribution in [3.05, 3.63) is 0 Å². The lowest BCUT2D eigenvalue weighted by molar-refractivity contribution is -0.0401. The average Bonchev–Trinajstić information content (AvgIpc) is 2.56. The van der Waals surface area contributed by atoms with Crippen LogP contribution >= 0.6 is 0 Å². The van der Waals surface area contributed by atoms with E-state index in [1.54, 1.807) is 7.11 Å². The van der Waals surface area contributed by atoms with E-state index in [0.29, 0.717) is 6.61 Å². The molecule has 2 aliphatic rings. The number of likely N-dealkylation sites (tertiary alicyclic amines) is 1. The topological polar surface area (TPSA) is 45.2 Å². The van der Waals surface area contributed by atoms with Crippen molar-refractivity contribution in [2.24, 2.45) is 5.41 Å². The summed E-state index contributed by atoms with van der Waals surface area (Å²) in [5, 5.41) is 10.0. The predicted molar refractivity (Wildman–Crippen MR) is 92.8 cm³/mol. The number of piperidine rings is 1. The van der Waals surface area contributed by atoms with E-state index < -0.39 is 0 Å². The molecular formula is C18H36N2O3. The summed E-state index contributed by atoms with van der Waals surface area (Å²) < 4.78 is 10.7. The van der Waals surface area contributed by atoms with Crippen LogP contribution in [0, 0.1) is 5.41 Å². The molecule has 2 fully saturated rings. The Morgan fingerprint density at radius 2 is 1.96 bits per heavy atom. The molecule has 5 nitrogen and oxygen atoms in total. The highest BCUT2D eigenvalue weighted by atomic mass is 16.5. The second-order valence-electron chi connectivity index (χ2n) is 7.98. The number of nitrogens with zero attached hydrogens (tertiary/aromatic N) is 2. The Bertz CT molecular complexity index is 345. The van der Waals surface area contributed by atoms with Gasteiger partial charge in [0.25, 0.3) is 0 Å². The van der Waals surface area contributed by atoms with Crippen LogP contribution in [0.5, 0.6) is 0 Å². The van der Waals surface area contributed by atoms with E-state index in [2.05, 4.69) is 23.6 Å². The van der Waals surface area contributed by atoms with Crippen molar-refractivity contribution >= 4 is 0 Å². The van der Waals surface area contributed by atoms with Gasteiger partial charge in [0.15, 0.2) is 0 Å². The van der Waals surface area contributed by atoms with E-state index in [1.807, 2.05) is 0 Å². The number of rotatable bonds is 8. The molecule has 0 aromatic rings. The average molecular weight is 328 g/mol. The maximum atomic E-state index is 10.0. The Morgan fingerprint density at radius 1 is 1.22 bits per heavy atom. The molecule has 2 heterocycles. The fourth-order valence-corrected chi connectivity index (χ4v) is 4.26. The van der Waals surface area contributed by atoms with E-state index >= 15 is 0 Å². The molecule has 0 bridgehead atoms. The first-order valence-corrected chi connectivity index (χ1v) is 9.16. The third-order valence-electron chi connectivity index (χ3n) is 5.61. The molecule has 0 amide bonds. The molecule has 5 heteroatoms. The Balaban J connectivity index is 1.91. The van der Waals surface area contributed by atoms with Gasteiger partial charge in [-0.3, -0.25) is 4.90 Å². The molecule has 1 unspecified atom stereocenters. The molecule has 0 aromatic carbocycles. The lowest BCUT2D eigenvalue weighted by Gasteiger charge is -2.48. The highest BCUT2D eigenvalue weighted by molar-refractivity contribution is 4.92. The Hall–Kier alpha value is -0.200. The standard InChI is InChI=1S/C18H36N2O3/c1-17(2,20-9-12-23-13-10-20)14-19-8-4-6-18(15-19,16-21)7-5-11-22-3/h21H,4-16H2,1-3H3. The van der Waals surface area contributed by atoms with E-state index in [9.17, 15) is 5.11 Å². The van der Waals surface area contributed by atoms with E-state index in [-0.39, 0.29) is 11.0 Å². The van der Waals surface area contributed by atoms with Crippen LogP contribution in [0.25, 0.3) is 0 Å². The molecule has 23 heavy (non-hydrogen) atoms. The summed E-state index contributed by atoms with van der Waals surface area (Å²) in [6.07, 6.45) is 4.43. The van der Waals surface area contributed by atoms with Crippen molar-refractivity contribution in [2.45, 2.75) is 45.1 Å². The SMILES string of the molecule is COCCCC1(CO)CCCN(CC(C)(C)N2CCOCC2)C1. The molecule has 1 N–H and O–H groups in total. The predicted octanol–water partition coefficient (Wildman–Crippen LogP) is 1.60. The van der Waals surface area contributed by atoms with Gasteiger partial charge in [0.2, 0.25) is 0 Å². The van der Waals surface area contributed by atoms with Crippen molar-refractivity contribution < 1.29 is 14.6 Å². The summed E-state index contributed by atoms with van der Waals surface area (Å²) in [4.78, 5) is 5.12.